The fourth-order valence-electron chi connectivity index (χ4n) is 2.54. The summed E-state index contributed by atoms with van der Waals surface area (Å²) in [6.45, 7) is 4.27. The molecule has 3 rings (SSSR count). The van der Waals surface area contributed by atoms with Crippen LogP contribution in [0.1, 0.15) is 22.3 Å². The van der Waals surface area contributed by atoms with Gasteiger partial charge in [0.25, 0.3) is 0 Å². The second-order valence-electron chi connectivity index (χ2n) is 5.37. The third kappa shape index (κ3) is 2.93. The molecule has 3 aromatic carbocycles. The first-order valence-corrected chi connectivity index (χ1v) is 7.87. The van der Waals surface area contributed by atoms with E-state index in [4.69, 9.17) is 0 Å². The summed E-state index contributed by atoms with van der Waals surface area (Å²) in [6, 6.07) is 19.4. The van der Waals surface area contributed by atoms with Crippen molar-refractivity contribution in [3.05, 3.63) is 81.3 Å². The second-order valence-corrected chi connectivity index (χ2v) is 6.16. The van der Waals surface area contributed by atoms with Crippen LogP contribution in [0.25, 0.3) is 22.9 Å². The van der Waals surface area contributed by atoms with Gasteiger partial charge in [-0.3, -0.25) is 0 Å². The number of aryl methyl sites for hydroxylation is 2. The summed E-state index contributed by atoms with van der Waals surface area (Å²) < 4.78 is 1.17. The Bertz CT molecular complexity index is 828. The lowest BCUT2D eigenvalue weighted by molar-refractivity contribution is 1.42. The maximum Gasteiger partial charge on any atom is 0.0276 e. The molecule has 0 radical (unpaired) electrons. The van der Waals surface area contributed by atoms with Crippen molar-refractivity contribution in [2.45, 2.75) is 13.8 Å². The monoisotopic (exact) mass is 336 g/mol. The van der Waals surface area contributed by atoms with Gasteiger partial charge in [0.15, 0.2) is 0 Å². The van der Waals surface area contributed by atoms with Crippen LogP contribution in [-0.2, 0) is 0 Å². The Balaban J connectivity index is 2.00. The van der Waals surface area contributed by atoms with Gasteiger partial charge in [-0.1, -0.05) is 60.7 Å². The van der Waals surface area contributed by atoms with Gasteiger partial charge < -0.3 is 0 Å². The summed E-state index contributed by atoms with van der Waals surface area (Å²) >= 11 is 3.65. The lowest BCUT2D eigenvalue weighted by Crippen LogP contribution is -1.81. The average molecular weight is 337 g/mol. The normalized spacial score (nSPS) is 11.4. The molecular formula is C20H17Br. The van der Waals surface area contributed by atoms with E-state index in [0.717, 1.165) is 0 Å². The zero-order valence-electron chi connectivity index (χ0n) is 12.2. The van der Waals surface area contributed by atoms with Crippen LogP contribution in [0.2, 0.25) is 0 Å². The number of hydrogen-bond acceptors (Lipinski definition) is 0. The molecule has 0 bridgehead atoms. The van der Waals surface area contributed by atoms with Crippen molar-refractivity contribution in [1.82, 2.24) is 0 Å². The van der Waals surface area contributed by atoms with E-state index < -0.39 is 0 Å². The van der Waals surface area contributed by atoms with E-state index in [-0.39, 0.29) is 0 Å². The molecule has 0 amide bonds. The lowest BCUT2D eigenvalue weighted by atomic mass is 10.0. The molecule has 1 heteroatoms. The largest absolute Gasteiger partial charge is 0.0614 e. The standard InChI is InChI=1S/C20H17Br/c1-14-5-3-7-17-11-9-16(13-19(14)17)10-12-18-8-4-6-15(2)20(18)21/h3-13H,1-2H3/b12-10-. The van der Waals surface area contributed by atoms with Gasteiger partial charge in [-0.05, 0) is 68.9 Å². The Morgan fingerprint density at radius 3 is 2.43 bits per heavy atom. The zero-order valence-corrected chi connectivity index (χ0v) is 13.8. The Kier molecular flexibility index (Phi) is 3.94. The minimum atomic E-state index is 1.17. The molecule has 0 fully saturated rings. The highest BCUT2D eigenvalue weighted by atomic mass is 79.9. The SMILES string of the molecule is Cc1cccc(/C=C\c2ccc3cccc(C)c3c2)c1Br. The molecule has 0 aliphatic rings. The third-order valence-electron chi connectivity index (χ3n) is 3.80. The minimum absolute atomic E-state index is 1.17. The minimum Gasteiger partial charge on any atom is -0.0614 e. The third-order valence-corrected chi connectivity index (χ3v) is 4.88. The fourth-order valence-corrected chi connectivity index (χ4v) is 2.93. The number of rotatable bonds is 2. The molecule has 0 aromatic heterocycles. The molecule has 0 atom stereocenters. The van der Waals surface area contributed by atoms with Gasteiger partial charge in [-0.25, -0.2) is 0 Å². The van der Waals surface area contributed by atoms with E-state index in [2.05, 4.69) is 96.5 Å². The van der Waals surface area contributed by atoms with Crippen molar-refractivity contribution in [3.8, 4) is 0 Å². The lowest BCUT2D eigenvalue weighted by Gasteiger charge is -2.04. The fraction of sp³-hybridized carbons (Fsp3) is 0.100. The Morgan fingerprint density at radius 1 is 0.810 bits per heavy atom. The molecule has 104 valence electrons. The molecule has 0 aliphatic carbocycles. The Morgan fingerprint density at radius 2 is 1.57 bits per heavy atom. The van der Waals surface area contributed by atoms with Crippen LogP contribution in [0.5, 0.6) is 0 Å². The summed E-state index contributed by atoms with van der Waals surface area (Å²) in [5, 5.41) is 2.62. The van der Waals surface area contributed by atoms with E-state index in [0.29, 0.717) is 0 Å². The van der Waals surface area contributed by atoms with Gasteiger partial charge in [0.2, 0.25) is 0 Å². The van der Waals surface area contributed by atoms with Gasteiger partial charge in [-0.15, -0.1) is 0 Å². The maximum absolute atomic E-state index is 3.65. The van der Waals surface area contributed by atoms with Gasteiger partial charge in [0.1, 0.15) is 0 Å². The van der Waals surface area contributed by atoms with Crippen LogP contribution >= 0.6 is 15.9 Å². The molecule has 3 aromatic rings. The van der Waals surface area contributed by atoms with E-state index in [1.165, 1.54) is 37.5 Å². The van der Waals surface area contributed by atoms with Crippen molar-refractivity contribution in [1.29, 1.82) is 0 Å². The second kappa shape index (κ2) is 5.87. The summed E-state index contributed by atoms with van der Waals surface area (Å²) in [5.74, 6) is 0. The average Bonchev–Trinajstić information content (AvgIpc) is 2.49. The highest BCUT2D eigenvalue weighted by Crippen LogP contribution is 2.24. The zero-order chi connectivity index (χ0) is 14.8. The molecule has 0 unspecified atom stereocenters. The van der Waals surface area contributed by atoms with E-state index in [1.807, 2.05) is 0 Å². The summed E-state index contributed by atoms with van der Waals surface area (Å²) in [6.07, 6.45) is 4.34. The Labute approximate surface area is 134 Å². The predicted octanol–water partition coefficient (Wildman–Crippen LogP) is 6.39. The molecule has 0 aliphatic heterocycles. The van der Waals surface area contributed by atoms with Gasteiger partial charge in [0.05, 0.1) is 0 Å². The molecule has 0 nitrogen and oxygen atoms in total. The van der Waals surface area contributed by atoms with Crippen LogP contribution in [-0.4, -0.2) is 0 Å². The number of hydrogen-bond donors (Lipinski definition) is 0. The first-order valence-electron chi connectivity index (χ1n) is 7.08. The van der Waals surface area contributed by atoms with Crippen LogP contribution in [0.15, 0.2) is 59.1 Å². The first-order chi connectivity index (χ1) is 10.1. The van der Waals surface area contributed by atoms with Crippen LogP contribution < -0.4 is 0 Å². The van der Waals surface area contributed by atoms with Crippen molar-refractivity contribution in [3.63, 3.8) is 0 Å². The number of halogens is 1. The quantitative estimate of drug-likeness (QED) is 0.475. The molecule has 0 saturated carbocycles. The van der Waals surface area contributed by atoms with E-state index >= 15 is 0 Å². The van der Waals surface area contributed by atoms with Gasteiger partial charge in [-0.2, -0.15) is 0 Å². The summed E-state index contributed by atoms with van der Waals surface area (Å²) in [4.78, 5) is 0. The molecular weight excluding hydrogens is 320 g/mol. The molecule has 0 spiro atoms. The number of fused-ring (bicyclic) bond motifs is 1. The van der Waals surface area contributed by atoms with Crippen LogP contribution in [0, 0.1) is 13.8 Å². The maximum atomic E-state index is 3.65. The highest BCUT2D eigenvalue weighted by Gasteiger charge is 2.00. The smallest absolute Gasteiger partial charge is 0.0276 e. The number of benzene rings is 3. The topological polar surface area (TPSA) is 0 Å². The molecule has 0 heterocycles. The highest BCUT2D eigenvalue weighted by molar-refractivity contribution is 9.10. The van der Waals surface area contributed by atoms with Gasteiger partial charge in [0, 0.05) is 4.47 Å². The Hall–Kier alpha value is -1.86. The molecule has 0 N–H and O–H groups in total. The van der Waals surface area contributed by atoms with Crippen molar-refractivity contribution in [2.24, 2.45) is 0 Å². The molecule has 21 heavy (non-hydrogen) atoms. The summed E-state index contributed by atoms with van der Waals surface area (Å²) in [7, 11) is 0. The van der Waals surface area contributed by atoms with Crippen LogP contribution in [0.3, 0.4) is 0 Å². The van der Waals surface area contributed by atoms with Crippen molar-refractivity contribution in [2.75, 3.05) is 0 Å². The summed E-state index contributed by atoms with van der Waals surface area (Å²) in [5.41, 5.74) is 5.01. The van der Waals surface area contributed by atoms with Crippen molar-refractivity contribution < 1.29 is 0 Å². The van der Waals surface area contributed by atoms with Crippen molar-refractivity contribution >= 4 is 38.9 Å². The molecule has 0 saturated heterocycles. The van der Waals surface area contributed by atoms with E-state index in [9.17, 15) is 0 Å². The predicted molar refractivity (Wildman–Crippen MR) is 96.5 cm³/mol. The van der Waals surface area contributed by atoms with Crippen LogP contribution in [0.4, 0.5) is 0 Å². The van der Waals surface area contributed by atoms with E-state index in [1.54, 1.807) is 0 Å². The first kappa shape index (κ1) is 14.1. The van der Waals surface area contributed by atoms with Gasteiger partial charge >= 0.3 is 0 Å².